The van der Waals surface area contributed by atoms with Crippen LogP contribution >= 0.6 is 0 Å². The molecule has 3 nitrogen and oxygen atoms in total. The molecule has 0 saturated carbocycles. The van der Waals surface area contributed by atoms with Crippen molar-refractivity contribution in [1.82, 2.24) is 9.78 Å². The normalized spacial score (nSPS) is 10.9. The van der Waals surface area contributed by atoms with Crippen molar-refractivity contribution in [3.05, 3.63) is 89.5 Å². The van der Waals surface area contributed by atoms with Crippen LogP contribution < -0.4 is 0 Å². The van der Waals surface area contributed by atoms with Gasteiger partial charge in [0.05, 0.1) is 11.3 Å². The quantitative estimate of drug-likeness (QED) is 0.502. The highest BCUT2D eigenvalue weighted by atomic mass is 16.3. The molecule has 1 N–H and O–H groups in total. The standard InChI is InChI=1S/C24H22N2O/c1-16-10-12-19(13-11-16)22-23(20-8-4-6-17(2)14-20)25-26(24(22)27)21-9-5-7-18(3)15-21/h4-15,27H,1-3H3. The Morgan fingerprint density at radius 3 is 2.04 bits per heavy atom. The molecule has 134 valence electrons. The molecule has 4 aromatic rings. The van der Waals surface area contributed by atoms with E-state index in [0.29, 0.717) is 0 Å². The van der Waals surface area contributed by atoms with Crippen molar-refractivity contribution in [3.63, 3.8) is 0 Å². The molecule has 0 aliphatic carbocycles. The number of aromatic hydroxyl groups is 1. The molecule has 0 bridgehead atoms. The average molecular weight is 354 g/mol. The topological polar surface area (TPSA) is 38.0 Å². The lowest BCUT2D eigenvalue weighted by molar-refractivity contribution is 0.435. The van der Waals surface area contributed by atoms with Gasteiger partial charge in [-0.15, -0.1) is 0 Å². The van der Waals surface area contributed by atoms with Crippen LogP contribution in [0.25, 0.3) is 28.1 Å². The summed E-state index contributed by atoms with van der Waals surface area (Å²) in [5.41, 5.74) is 7.79. The molecule has 0 amide bonds. The Kier molecular flexibility index (Phi) is 4.28. The second kappa shape index (κ2) is 6.76. The van der Waals surface area contributed by atoms with Gasteiger partial charge in [-0.1, -0.05) is 65.7 Å². The van der Waals surface area contributed by atoms with E-state index in [1.54, 1.807) is 4.68 Å². The van der Waals surface area contributed by atoms with Gasteiger partial charge in [0.15, 0.2) is 0 Å². The van der Waals surface area contributed by atoms with Crippen LogP contribution in [0, 0.1) is 20.8 Å². The first-order chi connectivity index (χ1) is 13.0. The zero-order valence-electron chi connectivity index (χ0n) is 15.8. The zero-order chi connectivity index (χ0) is 19.0. The average Bonchev–Trinajstić information content (AvgIpc) is 3.00. The molecule has 0 unspecified atom stereocenters. The zero-order valence-corrected chi connectivity index (χ0v) is 15.8. The highest BCUT2D eigenvalue weighted by Gasteiger charge is 2.21. The Hall–Kier alpha value is -3.33. The Bertz CT molecular complexity index is 1110. The highest BCUT2D eigenvalue weighted by Crippen LogP contribution is 2.40. The third-order valence-corrected chi connectivity index (χ3v) is 4.74. The highest BCUT2D eigenvalue weighted by molar-refractivity contribution is 5.85. The van der Waals surface area contributed by atoms with Gasteiger partial charge in [0.25, 0.3) is 0 Å². The molecule has 0 radical (unpaired) electrons. The van der Waals surface area contributed by atoms with E-state index in [4.69, 9.17) is 5.10 Å². The fraction of sp³-hybridized carbons (Fsp3) is 0.125. The van der Waals surface area contributed by atoms with Crippen molar-refractivity contribution in [2.24, 2.45) is 0 Å². The predicted octanol–water partition coefficient (Wildman–Crippen LogP) is 5.84. The van der Waals surface area contributed by atoms with Crippen molar-refractivity contribution in [3.8, 4) is 34.0 Å². The van der Waals surface area contributed by atoms with Gasteiger partial charge in [-0.25, -0.2) is 4.68 Å². The summed E-state index contributed by atoms with van der Waals surface area (Å²) in [4.78, 5) is 0. The van der Waals surface area contributed by atoms with Gasteiger partial charge in [-0.2, -0.15) is 5.10 Å². The van der Waals surface area contributed by atoms with Crippen molar-refractivity contribution in [2.45, 2.75) is 20.8 Å². The van der Waals surface area contributed by atoms with Crippen molar-refractivity contribution in [1.29, 1.82) is 0 Å². The van der Waals surface area contributed by atoms with Gasteiger partial charge in [0.2, 0.25) is 5.88 Å². The van der Waals surface area contributed by atoms with Crippen molar-refractivity contribution in [2.75, 3.05) is 0 Å². The molecular weight excluding hydrogens is 332 g/mol. The SMILES string of the molecule is Cc1ccc(-c2c(-c3cccc(C)c3)nn(-c3cccc(C)c3)c2O)cc1. The summed E-state index contributed by atoms with van der Waals surface area (Å²) in [6.07, 6.45) is 0. The number of aromatic nitrogens is 2. The number of rotatable bonds is 3. The van der Waals surface area contributed by atoms with Gasteiger partial charge in [0, 0.05) is 5.56 Å². The molecule has 4 rings (SSSR count). The second-order valence-corrected chi connectivity index (χ2v) is 7.03. The van der Waals surface area contributed by atoms with E-state index in [9.17, 15) is 5.11 Å². The molecule has 1 heterocycles. The van der Waals surface area contributed by atoms with Crippen LogP contribution in [0.2, 0.25) is 0 Å². The van der Waals surface area contributed by atoms with Crippen LogP contribution in [0.3, 0.4) is 0 Å². The Morgan fingerprint density at radius 2 is 1.37 bits per heavy atom. The molecule has 0 saturated heterocycles. The molecular formula is C24H22N2O. The first-order valence-corrected chi connectivity index (χ1v) is 9.06. The summed E-state index contributed by atoms with van der Waals surface area (Å²) in [5.74, 6) is 0.154. The van der Waals surface area contributed by atoms with Crippen LogP contribution in [-0.2, 0) is 0 Å². The van der Waals surface area contributed by atoms with Crippen molar-refractivity contribution < 1.29 is 5.11 Å². The van der Waals surface area contributed by atoms with E-state index < -0.39 is 0 Å². The minimum Gasteiger partial charge on any atom is -0.493 e. The molecule has 0 aliphatic rings. The van der Waals surface area contributed by atoms with E-state index in [2.05, 4.69) is 38.1 Å². The Balaban J connectivity index is 1.99. The van der Waals surface area contributed by atoms with Gasteiger partial charge in [-0.05, 0) is 50.1 Å². The molecule has 3 heteroatoms. The van der Waals surface area contributed by atoms with Crippen LogP contribution in [0.4, 0.5) is 0 Å². The maximum Gasteiger partial charge on any atom is 0.222 e. The van der Waals surface area contributed by atoms with Crippen molar-refractivity contribution >= 4 is 0 Å². The molecule has 0 spiro atoms. The molecule has 1 aromatic heterocycles. The number of aryl methyl sites for hydroxylation is 3. The molecule has 0 atom stereocenters. The van der Waals surface area contributed by atoms with Crippen LogP contribution in [-0.4, -0.2) is 14.9 Å². The number of hydrogen-bond acceptors (Lipinski definition) is 2. The predicted molar refractivity (Wildman–Crippen MR) is 110 cm³/mol. The maximum absolute atomic E-state index is 11.1. The van der Waals surface area contributed by atoms with E-state index in [0.717, 1.165) is 39.2 Å². The Labute approximate surface area is 159 Å². The molecule has 3 aromatic carbocycles. The summed E-state index contributed by atoms with van der Waals surface area (Å²) in [7, 11) is 0. The minimum absolute atomic E-state index is 0.154. The number of nitrogens with zero attached hydrogens (tertiary/aromatic N) is 2. The van der Waals surface area contributed by atoms with Gasteiger partial charge < -0.3 is 5.11 Å². The summed E-state index contributed by atoms with van der Waals surface area (Å²) in [6, 6.07) is 24.4. The molecule has 0 fully saturated rings. The number of benzene rings is 3. The minimum atomic E-state index is 0.154. The van der Waals surface area contributed by atoms with Crippen LogP contribution in [0.1, 0.15) is 16.7 Å². The molecule has 27 heavy (non-hydrogen) atoms. The summed E-state index contributed by atoms with van der Waals surface area (Å²) < 4.78 is 1.62. The van der Waals surface area contributed by atoms with Crippen LogP contribution in [0.5, 0.6) is 5.88 Å². The first-order valence-electron chi connectivity index (χ1n) is 9.06. The van der Waals surface area contributed by atoms with Gasteiger partial charge in [-0.3, -0.25) is 0 Å². The lowest BCUT2D eigenvalue weighted by Crippen LogP contribution is -1.96. The second-order valence-electron chi connectivity index (χ2n) is 7.03. The van der Waals surface area contributed by atoms with E-state index in [1.807, 2.05) is 55.5 Å². The fourth-order valence-corrected chi connectivity index (χ4v) is 3.33. The third-order valence-electron chi connectivity index (χ3n) is 4.74. The van der Waals surface area contributed by atoms with Gasteiger partial charge >= 0.3 is 0 Å². The summed E-state index contributed by atoms with van der Waals surface area (Å²) in [6.45, 7) is 6.15. The first kappa shape index (κ1) is 17.1. The summed E-state index contributed by atoms with van der Waals surface area (Å²) >= 11 is 0. The Morgan fingerprint density at radius 1 is 0.704 bits per heavy atom. The molecule has 0 aliphatic heterocycles. The van der Waals surface area contributed by atoms with E-state index in [-0.39, 0.29) is 5.88 Å². The lowest BCUT2D eigenvalue weighted by atomic mass is 9.99. The number of hydrogen-bond donors (Lipinski definition) is 1. The third kappa shape index (κ3) is 3.24. The lowest BCUT2D eigenvalue weighted by Gasteiger charge is -2.06. The smallest absolute Gasteiger partial charge is 0.222 e. The maximum atomic E-state index is 11.1. The van der Waals surface area contributed by atoms with E-state index in [1.165, 1.54) is 5.56 Å². The van der Waals surface area contributed by atoms with Gasteiger partial charge in [0.1, 0.15) is 5.69 Å². The van der Waals surface area contributed by atoms with E-state index >= 15 is 0 Å². The summed E-state index contributed by atoms with van der Waals surface area (Å²) in [5, 5.41) is 15.9. The van der Waals surface area contributed by atoms with Crippen LogP contribution in [0.15, 0.2) is 72.8 Å². The fourth-order valence-electron chi connectivity index (χ4n) is 3.33. The largest absolute Gasteiger partial charge is 0.493 e. The monoisotopic (exact) mass is 354 g/mol.